The molecule has 1 saturated heterocycles. The summed E-state index contributed by atoms with van der Waals surface area (Å²) in [4.78, 5) is 29.8. The van der Waals surface area contributed by atoms with Crippen molar-refractivity contribution >= 4 is 5.91 Å². The summed E-state index contributed by atoms with van der Waals surface area (Å²) in [6.07, 6.45) is 6.05. The van der Waals surface area contributed by atoms with Crippen molar-refractivity contribution in [1.29, 1.82) is 0 Å². The fraction of sp³-hybridized carbons (Fsp3) is 0.448. The van der Waals surface area contributed by atoms with Crippen LogP contribution in [0.4, 0.5) is 0 Å². The van der Waals surface area contributed by atoms with Crippen LogP contribution in [0, 0.1) is 5.41 Å². The summed E-state index contributed by atoms with van der Waals surface area (Å²) < 4.78 is 0. The lowest BCUT2D eigenvalue weighted by atomic mass is 9.62. The molecule has 3 aromatic rings. The molecule has 0 radical (unpaired) electrons. The van der Waals surface area contributed by atoms with E-state index in [-0.39, 0.29) is 11.3 Å². The summed E-state index contributed by atoms with van der Waals surface area (Å²) in [7, 11) is 2.08. The van der Waals surface area contributed by atoms with Crippen molar-refractivity contribution in [3.63, 3.8) is 0 Å². The highest BCUT2D eigenvalue weighted by atomic mass is 16.3. The van der Waals surface area contributed by atoms with E-state index >= 15 is 0 Å². The highest BCUT2D eigenvalue weighted by molar-refractivity contribution is 5.73. The minimum atomic E-state index is -1.21. The van der Waals surface area contributed by atoms with Gasteiger partial charge in [0.25, 0.3) is 0 Å². The number of hydrogen-bond acceptors (Lipinski definition) is 6. The molecule has 5 rings (SSSR count). The Morgan fingerprint density at radius 2 is 1.83 bits per heavy atom. The molecule has 188 valence electrons. The van der Waals surface area contributed by atoms with Gasteiger partial charge in [0.15, 0.2) is 5.82 Å². The van der Waals surface area contributed by atoms with Gasteiger partial charge in [-0.15, -0.1) is 0 Å². The molecule has 0 spiro atoms. The molecule has 1 fully saturated rings. The van der Waals surface area contributed by atoms with Crippen LogP contribution in [-0.4, -0.2) is 62.4 Å². The summed E-state index contributed by atoms with van der Waals surface area (Å²) in [5.41, 5.74) is 4.01. The molecule has 4 heterocycles. The molecule has 0 bridgehead atoms. The van der Waals surface area contributed by atoms with Gasteiger partial charge in [-0.05, 0) is 30.2 Å². The van der Waals surface area contributed by atoms with E-state index in [1.807, 2.05) is 17.2 Å². The number of carbonyl (C=O) groups excluding carboxylic acids is 1. The van der Waals surface area contributed by atoms with Crippen LogP contribution in [-0.2, 0) is 23.4 Å². The van der Waals surface area contributed by atoms with Gasteiger partial charge >= 0.3 is 0 Å². The number of pyridine rings is 1. The zero-order valence-electron chi connectivity index (χ0n) is 21.8. The molecular formula is C29H35N5O2. The van der Waals surface area contributed by atoms with E-state index < -0.39 is 5.60 Å². The van der Waals surface area contributed by atoms with Crippen molar-refractivity contribution < 1.29 is 9.90 Å². The van der Waals surface area contributed by atoms with Gasteiger partial charge in [-0.25, -0.2) is 9.97 Å². The van der Waals surface area contributed by atoms with Crippen LogP contribution in [0.15, 0.2) is 48.9 Å². The second-order valence-electron chi connectivity index (χ2n) is 11.0. The van der Waals surface area contributed by atoms with Crippen LogP contribution in [0.5, 0.6) is 0 Å². The number of aromatic nitrogens is 3. The smallest absolute Gasteiger partial charge is 0.219 e. The van der Waals surface area contributed by atoms with Crippen molar-refractivity contribution in [2.45, 2.75) is 52.2 Å². The third-order valence-corrected chi connectivity index (χ3v) is 7.90. The number of fused-ring (bicyclic) bond motifs is 1. The van der Waals surface area contributed by atoms with E-state index in [0.29, 0.717) is 31.3 Å². The van der Waals surface area contributed by atoms with Gasteiger partial charge in [0.1, 0.15) is 5.60 Å². The van der Waals surface area contributed by atoms with E-state index in [9.17, 15) is 9.90 Å². The molecule has 1 aromatic carbocycles. The fourth-order valence-corrected chi connectivity index (χ4v) is 5.83. The molecule has 1 atom stereocenters. The highest BCUT2D eigenvalue weighted by Crippen LogP contribution is 2.50. The lowest BCUT2D eigenvalue weighted by Crippen LogP contribution is -2.63. The molecule has 1 unspecified atom stereocenters. The maximum absolute atomic E-state index is 12.5. The zero-order valence-corrected chi connectivity index (χ0v) is 21.8. The number of carbonyl (C=O) groups is 1. The fourth-order valence-electron chi connectivity index (χ4n) is 5.83. The standard InChI is InChI=1S/C29H35N5O2/c1-19(2)21-6-8-24(9-7-21)29(36,28(4)17-33(5)18-28)25-12-22(13-30-15-25)27-31-14-23-16-34(20(3)35)11-10-26(23)32-27/h6-9,12-15,19,36H,10-11,16-18H2,1-5H3. The summed E-state index contributed by atoms with van der Waals surface area (Å²) >= 11 is 0. The second kappa shape index (κ2) is 9.05. The summed E-state index contributed by atoms with van der Waals surface area (Å²) in [5.74, 6) is 1.08. The van der Waals surface area contributed by atoms with Crippen LogP contribution in [0.25, 0.3) is 11.4 Å². The van der Waals surface area contributed by atoms with Gasteiger partial charge in [0.05, 0.1) is 5.69 Å². The van der Waals surface area contributed by atoms with E-state index in [0.717, 1.165) is 41.0 Å². The number of likely N-dealkylation sites (tertiary alicyclic amines) is 1. The zero-order chi connectivity index (χ0) is 25.7. The van der Waals surface area contributed by atoms with Crippen LogP contribution in [0.2, 0.25) is 0 Å². The number of benzene rings is 1. The van der Waals surface area contributed by atoms with Crippen molar-refractivity contribution in [2.75, 3.05) is 26.7 Å². The number of rotatable bonds is 5. The summed E-state index contributed by atoms with van der Waals surface area (Å²) in [6.45, 7) is 10.8. The molecule has 1 amide bonds. The maximum atomic E-state index is 12.5. The number of aliphatic hydroxyl groups is 1. The third-order valence-electron chi connectivity index (χ3n) is 7.90. The molecule has 2 aliphatic rings. The number of nitrogens with zero attached hydrogens (tertiary/aromatic N) is 5. The maximum Gasteiger partial charge on any atom is 0.219 e. The Morgan fingerprint density at radius 3 is 2.47 bits per heavy atom. The molecule has 0 saturated carbocycles. The molecule has 36 heavy (non-hydrogen) atoms. The quantitative estimate of drug-likeness (QED) is 0.593. The van der Waals surface area contributed by atoms with Gasteiger partial charge in [-0.3, -0.25) is 9.78 Å². The second-order valence-corrected chi connectivity index (χ2v) is 11.0. The average Bonchev–Trinajstić information content (AvgIpc) is 2.86. The lowest BCUT2D eigenvalue weighted by molar-refractivity contribution is -0.129. The van der Waals surface area contributed by atoms with E-state index in [2.05, 4.69) is 67.0 Å². The molecule has 7 heteroatoms. The molecule has 7 nitrogen and oxygen atoms in total. The monoisotopic (exact) mass is 485 g/mol. The Morgan fingerprint density at radius 1 is 1.11 bits per heavy atom. The molecule has 0 aliphatic carbocycles. The molecular weight excluding hydrogens is 450 g/mol. The Balaban J connectivity index is 1.54. The van der Waals surface area contributed by atoms with Crippen LogP contribution in [0.3, 0.4) is 0 Å². The predicted molar refractivity (Wildman–Crippen MR) is 139 cm³/mol. The van der Waals surface area contributed by atoms with Gasteiger partial charge in [0, 0.05) is 80.2 Å². The van der Waals surface area contributed by atoms with Crippen molar-refractivity contribution in [1.82, 2.24) is 24.8 Å². The van der Waals surface area contributed by atoms with Crippen molar-refractivity contribution in [3.05, 3.63) is 76.9 Å². The van der Waals surface area contributed by atoms with E-state index in [4.69, 9.17) is 4.98 Å². The lowest BCUT2D eigenvalue weighted by Gasteiger charge is -2.55. The normalized spacial score (nSPS) is 18.9. The minimum Gasteiger partial charge on any atom is -0.380 e. The van der Waals surface area contributed by atoms with Gasteiger partial charge in [-0.2, -0.15) is 0 Å². The molecule has 2 aliphatic heterocycles. The van der Waals surface area contributed by atoms with E-state index in [1.54, 1.807) is 19.3 Å². The first-order valence-corrected chi connectivity index (χ1v) is 12.7. The third kappa shape index (κ3) is 4.10. The average molecular weight is 486 g/mol. The van der Waals surface area contributed by atoms with Gasteiger partial charge in [0.2, 0.25) is 5.91 Å². The van der Waals surface area contributed by atoms with Crippen LogP contribution in [0.1, 0.15) is 61.6 Å². The minimum absolute atomic E-state index is 0.0671. The predicted octanol–water partition coefficient (Wildman–Crippen LogP) is 3.75. The van der Waals surface area contributed by atoms with Crippen molar-refractivity contribution in [2.24, 2.45) is 5.41 Å². The Hall–Kier alpha value is -3.16. The first-order valence-electron chi connectivity index (χ1n) is 12.7. The SMILES string of the molecule is CC(=O)N1CCc2nc(-c3cncc(C(O)(c4ccc(C(C)C)cc4)C4(C)CN(C)C4)c3)ncc2C1. The highest BCUT2D eigenvalue weighted by Gasteiger charge is 2.55. The summed E-state index contributed by atoms with van der Waals surface area (Å²) in [6, 6.07) is 10.3. The largest absolute Gasteiger partial charge is 0.380 e. The van der Waals surface area contributed by atoms with Crippen molar-refractivity contribution in [3.8, 4) is 11.4 Å². The topological polar surface area (TPSA) is 82.5 Å². The number of hydrogen-bond donors (Lipinski definition) is 1. The first kappa shape index (κ1) is 24.5. The summed E-state index contributed by atoms with van der Waals surface area (Å²) in [5, 5.41) is 12.5. The Bertz CT molecular complexity index is 1280. The van der Waals surface area contributed by atoms with Crippen LogP contribution >= 0.6 is 0 Å². The number of amides is 1. The molecule has 1 N–H and O–H groups in total. The Kier molecular flexibility index (Phi) is 6.17. The van der Waals surface area contributed by atoms with E-state index in [1.165, 1.54) is 5.56 Å². The Labute approximate surface area is 213 Å². The van der Waals surface area contributed by atoms with Crippen LogP contribution < -0.4 is 0 Å². The van der Waals surface area contributed by atoms with Gasteiger partial charge < -0.3 is 14.9 Å². The van der Waals surface area contributed by atoms with Gasteiger partial charge in [-0.1, -0.05) is 45.0 Å². The molecule has 2 aromatic heterocycles. The first-order chi connectivity index (χ1) is 17.1.